The molecule has 3 heterocycles. The highest BCUT2D eigenvalue weighted by Gasteiger charge is 2.39. The van der Waals surface area contributed by atoms with Crippen LogP contribution in [0.5, 0.6) is 5.75 Å². The monoisotopic (exact) mass is 441 g/mol. The number of amides is 3. The molecule has 3 fully saturated rings. The van der Waals surface area contributed by atoms with E-state index in [4.69, 9.17) is 9.47 Å². The number of ether oxygens (including phenoxy) is 2. The lowest BCUT2D eigenvalue weighted by atomic mass is 9.86. The normalized spacial score (nSPS) is 29.3. The van der Waals surface area contributed by atoms with E-state index in [9.17, 15) is 14.4 Å². The van der Waals surface area contributed by atoms with E-state index in [1.54, 1.807) is 11.0 Å². The molecular formula is C24H31N3O5. The molecule has 3 atom stereocenters. The van der Waals surface area contributed by atoms with Crippen molar-refractivity contribution in [3.8, 4) is 5.75 Å². The molecule has 8 nitrogen and oxygen atoms in total. The van der Waals surface area contributed by atoms with Gasteiger partial charge in [-0.05, 0) is 49.4 Å². The summed E-state index contributed by atoms with van der Waals surface area (Å²) < 4.78 is 11.8. The molecule has 4 aliphatic rings. The van der Waals surface area contributed by atoms with Gasteiger partial charge < -0.3 is 19.7 Å². The Labute approximate surface area is 188 Å². The van der Waals surface area contributed by atoms with Crippen molar-refractivity contribution in [1.82, 2.24) is 15.5 Å². The van der Waals surface area contributed by atoms with Crippen LogP contribution in [0, 0.1) is 5.41 Å². The Morgan fingerprint density at radius 3 is 2.75 bits per heavy atom. The van der Waals surface area contributed by atoms with E-state index in [0.717, 1.165) is 50.3 Å². The topological polar surface area (TPSA) is 97.0 Å². The third-order valence-corrected chi connectivity index (χ3v) is 7.18. The zero-order valence-electron chi connectivity index (χ0n) is 18.5. The van der Waals surface area contributed by atoms with Crippen molar-refractivity contribution in [2.24, 2.45) is 5.41 Å². The predicted octanol–water partition coefficient (Wildman–Crippen LogP) is 1.76. The number of carbonyl (C=O) groups is 3. The molecule has 2 N–H and O–H groups in total. The van der Waals surface area contributed by atoms with Crippen LogP contribution in [0.2, 0.25) is 0 Å². The highest BCUT2D eigenvalue weighted by molar-refractivity contribution is 6.05. The molecule has 0 aromatic heterocycles. The van der Waals surface area contributed by atoms with Crippen LogP contribution in [0.1, 0.15) is 61.4 Å². The van der Waals surface area contributed by atoms with Crippen LogP contribution in [0.25, 0.3) is 0 Å². The zero-order valence-corrected chi connectivity index (χ0v) is 18.5. The molecule has 5 rings (SSSR count). The van der Waals surface area contributed by atoms with Crippen molar-refractivity contribution in [2.75, 3.05) is 19.8 Å². The van der Waals surface area contributed by atoms with E-state index in [1.165, 1.54) is 6.42 Å². The summed E-state index contributed by atoms with van der Waals surface area (Å²) in [6.45, 7) is 5.15. The quantitative estimate of drug-likeness (QED) is 0.653. The number of benzene rings is 1. The minimum absolute atomic E-state index is 0.0923. The summed E-state index contributed by atoms with van der Waals surface area (Å²) in [5.41, 5.74) is 1.70. The lowest BCUT2D eigenvalue weighted by Gasteiger charge is -2.41. The van der Waals surface area contributed by atoms with Gasteiger partial charge in [-0.2, -0.15) is 0 Å². The number of hydrogen-bond donors (Lipinski definition) is 2. The van der Waals surface area contributed by atoms with Crippen LogP contribution < -0.4 is 15.4 Å². The van der Waals surface area contributed by atoms with Gasteiger partial charge >= 0.3 is 0 Å². The molecule has 2 saturated heterocycles. The number of carbonyl (C=O) groups excluding carboxylic acids is 3. The number of rotatable bonds is 6. The number of nitrogens with one attached hydrogen (secondary N) is 2. The molecule has 32 heavy (non-hydrogen) atoms. The lowest BCUT2D eigenvalue weighted by Crippen LogP contribution is -2.53. The molecule has 0 radical (unpaired) electrons. The largest absolute Gasteiger partial charge is 0.489 e. The van der Waals surface area contributed by atoms with E-state index in [2.05, 4.69) is 17.6 Å². The summed E-state index contributed by atoms with van der Waals surface area (Å²) in [5.74, 6) is -0.0612. The second-order valence-electron chi connectivity index (χ2n) is 9.95. The first-order valence-corrected chi connectivity index (χ1v) is 11.7. The number of nitrogens with zero attached hydrogens (tertiary/aromatic N) is 1. The number of fused-ring (bicyclic) bond motifs is 1. The average Bonchev–Trinajstić information content (AvgIpc) is 3.07. The maximum absolute atomic E-state index is 12.9. The predicted molar refractivity (Wildman–Crippen MR) is 116 cm³/mol. The fourth-order valence-electron chi connectivity index (χ4n) is 5.20. The van der Waals surface area contributed by atoms with Crippen LogP contribution >= 0.6 is 0 Å². The highest BCUT2D eigenvalue weighted by atomic mass is 16.5. The van der Waals surface area contributed by atoms with Gasteiger partial charge in [0.2, 0.25) is 11.8 Å². The summed E-state index contributed by atoms with van der Waals surface area (Å²) in [4.78, 5) is 38.2. The van der Waals surface area contributed by atoms with Crippen LogP contribution in [0.3, 0.4) is 0 Å². The van der Waals surface area contributed by atoms with Gasteiger partial charge in [0, 0.05) is 36.5 Å². The molecule has 1 saturated carbocycles. The molecule has 1 aliphatic carbocycles. The highest BCUT2D eigenvalue weighted by Crippen LogP contribution is 2.32. The fraction of sp³-hybridized carbons (Fsp3) is 0.625. The Morgan fingerprint density at radius 2 is 2.00 bits per heavy atom. The molecule has 3 amide bonds. The van der Waals surface area contributed by atoms with Crippen LogP contribution in [-0.2, 0) is 20.9 Å². The van der Waals surface area contributed by atoms with Gasteiger partial charge in [-0.1, -0.05) is 13.3 Å². The zero-order chi connectivity index (χ0) is 22.3. The van der Waals surface area contributed by atoms with Crippen LogP contribution in [0.15, 0.2) is 18.2 Å². The van der Waals surface area contributed by atoms with Gasteiger partial charge in [-0.15, -0.1) is 0 Å². The number of hydrogen-bond acceptors (Lipinski definition) is 6. The second kappa shape index (κ2) is 8.48. The Bertz CT molecular complexity index is 928. The summed E-state index contributed by atoms with van der Waals surface area (Å²) >= 11 is 0. The molecule has 1 unspecified atom stereocenters. The molecule has 0 bridgehead atoms. The molecule has 8 heteroatoms. The first-order chi connectivity index (χ1) is 15.4. The summed E-state index contributed by atoms with van der Waals surface area (Å²) in [5, 5.41) is 6.06. The molecule has 1 aromatic carbocycles. The van der Waals surface area contributed by atoms with E-state index in [1.807, 2.05) is 12.1 Å². The van der Waals surface area contributed by atoms with Crippen molar-refractivity contribution in [3.63, 3.8) is 0 Å². The molecule has 172 valence electrons. The average molecular weight is 442 g/mol. The minimum atomic E-state index is -0.597. The van der Waals surface area contributed by atoms with E-state index >= 15 is 0 Å². The van der Waals surface area contributed by atoms with E-state index < -0.39 is 6.04 Å². The summed E-state index contributed by atoms with van der Waals surface area (Å²) in [6.07, 6.45) is 5.16. The Hall–Kier alpha value is -2.45. The van der Waals surface area contributed by atoms with Gasteiger partial charge in [0.1, 0.15) is 17.9 Å². The lowest BCUT2D eigenvalue weighted by molar-refractivity contribution is -0.136. The van der Waals surface area contributed by atoms with Crippen LogP contribution in [0.4, 0.5) is 0 Å². The maximum Gasteiger partial charge on any atom is 0.255 e. The maximum atomic E-state index is 12.9. The first kappa shape index (κ1) is 21.4. The van der Waals surface area contributed by atoms with Gasteiger partial charge in [-0.3, -0.25) is 19.7 Å². The third-order valence-electron chi connectivity index (χ3n) is 7.18. The van der Waals surface area contributed by atoms with Crippen molar-refractivity contribution in [2.45, 2.75) is 70.2 Å². The van der Waals surface area contributed by atoms with E-state index in [0.29, 0.717) is 24.6 Å². The van der Waals surface area contributed by atoms with Crippen LogP contribution in [-0.4, -0.2) is 60.6 Å². The summed E-state index contributed by atoms with van der Waals surface area (Å²) in [7, 11) is 0. The third kappa shape index (κ3) is 4.13. The standard InChI is InChI=1S/C24H31N3O5/c1-24(13-31-14-24)12-25-18-4-2-3-5-20(18)32-16-6-7-17-15(10-16)11-27(23(17)30)19-8-9-21(28)26-22(19)29/h6-7,10,18-20,25H,2-5,8-9,11-14H2,1H3,(H,26,28,29)/t18-,19?,20+/m0/s1. The summed E-state index contributed by atoms with van der Waals surface area (Å²) in [6, 6.07) is 5.30. The van der Waals surface area contributed by atoms with E-state index in [-0.39, 0.29) is 35.7 Å². The molecule has 1 aromatic rings. The number of imide groups is 1. The Balaban J connectivity index is 1.25. The molecule has 3 aliphatic heterocycles. The minimum Gasteiger partial charge on any atom is -0.489 e. The van der Waals surface area contributed by atoms with Gasteiger partial charge in [0.05, 0.1) is 13.2 Å². The van der Waals surface area contributed by atoms with Gasteiger partial charge in [0.25, 0.3) is 5.91 Å². The van der Waals surface area contributed by atoms with Crippen molar-refractivity contribution >= 4 is 17.7 Å². The van der Waals surface area contributed by atoms with Crippen molar-refractivity contribution in [3.05, 3.63) is 29.3 Å². The number of piperidine rings is 1. The van der Waals surface area contributed by atoms with Crippen molar-refractivity contribution < 1.29 is 23.9 Å². The fourth-order valence-corrected chi connectivity index (χ4v) is 5.20. The second-order valence-corrected chi connectivity index (χ2v) is 9.95. The molecular weight excluding hydrogens is 410 g/mol. The van der Waals surface area contributed by atoms with Gasteiger partial charge in [0.15, 0.2) is 0 Å². The SMILES string of the molecule is CC1(CN[C@H]2CCCC[C@H]2Oc2ccc3c(c2)CN(C2CCC(=O)NC2=O)C3=O)COC1. The van der Waals surface area contributed by atoms with Gasteiger partial charge in [-0.25, -0.2) is 0 Å². The Kier molecular flexibility index (Phi) is 5.67. The smallest absolute Gasteiger partial charge is 0.255 e. The first-order valence-electron chi connectivity index (χ1n) is 11.7. The molecule has 0 spiro atoms. The van der Waals surface area contributed by atoms with Crippen molar-refractivity contribution in [1.29, 1.82) is 0 Å². The Morgan fingerprint density at radius 1 is 1.19 bits per heavy atom.